The summed E-state index contributed by atoms with van der Waals surface area (Å²) in [7, 11) is 0. The molecule has 0 saturated carbocycles. The molecule has 1 atom stereocenters. The fourth-order valence-corrected chi connectivity index (χ4v) is 1.90. The number of carbonyl (C=O) groups excluding carboxylic acids is 1. The molecule has 0 bridgehead atoms. The van der Waals surface area contributed by atoms with Crippen molar-refractivity contribution in [3.05, 3.63) is 30.3 Å². The third kappa shape index (κ3) is 6.60. The molecule has 0 amide bonds. The van der Waals surface area contributed by atoms with Crippen molar-refractivity contribution in [3.63, 3.8) is 0 Å². The quantitative estimate of drug-likeness (QED) is 0.471. The Hall–Kier alpha value is -1.51. The maximum Gasteiger partial charge on any atom is 0.347 e. The summed E-state index contributed by atoms with van der Waals surface area (Å²) in [6.45, 7) is 4.73. The molecule has 0 aliphatic heterocycles. The van der Waals surface area contributed by atoms with Crippen molar-refractivity contribution in [2.75, 3.05) is 6.61 Å². The normalized spacial score (nSPS) is 11.9. The van der Waals surface area contributed by atoms with Gasteiger partial charge in [0.05, 0.1) is 6.61 Å². The predicted octanol–water partition coefficient (Wildman–Crippen LogP) is 4.36. The number of carbonyl (C=O) groups is 1. The lowest BCUT2D eigenvalue weighted by atomic mass is 10.1. The van der Waals surface area contributed by atoms with Gasteiger partial charge in [-0.2, -0.15) is 0 Å². The Labute approximate surface area is 122 Å². The van der Waals surface area contributed by atoms with Crippen molar-refractivity contribution in [3.8, 4) is 5.75 Å². The van der Waals surface area contributed by atoms with Gasteiger partial charge in [0.1, 0.15) is 5.75 Å². The van der Waals surface area contributed by atoms with Gasteiger partial charge >= 0.3 is 5.97 Å². The monoisotopic (exact) mass is 278 g/mol. The number of hydrogen-bond acceptors (Lipinski definition) is 3. The summed E-state index contributed by atoms with van der Waals surface area (Å²) in [5.74, 6) is 0.484. The van der Waals surface area contributed by atoms with Crippen molar-refractivity contribution >= 4 is 5.97 Å². The molecule has 0 heterocycles. The van der Waals surface area contributed by atoms with Crippen molar-refractivity contribution < 1.29 is 14.3 Å². The Kier molecular flexibility index (Phi) is 8.52. The number of unbranched alkanes of at least 4 members (excludes halogenated alkanes) is 3. The molecule has 0 radical (unpaired) electrons. The van der Waals surface area contributed by atoms with E-state index in [1.165, 1.54) is 0 Å². The van der Waals surface area contributed by atoms with Crippen molar-refractivity contribution in [1.82, 2.24) is 0 Å². The summed E-state index contributed by atoms with van der Waals surface area (Å²) in [5.41, 5.74) is 0. The van der Waals surface area contributed by atoms with Crippen LogP contribution in [0.5, 0.6) is 5.75 Å². The van der Waals surface area contributed by atoms with E-state index in [0.717, 1.165) is 37.9 Å². The van der Waals surface area contributed by atoms with Gasteiger partial charge in [-0.1, -0.05) is 51.3 Å². The third-order valence-corrected chi connectivity index (χ3v) is 3.10. The van der Waals surface area contributed by atoms with Crippen LogP contribution in [0.2, 0.25) is 0 Å². The van der Waals surface area contributed by atoms with Gasteiger partial charge in [0.25, 0.3) is 0 Å². The lowest BCUT2D eigenvalue weighted by molar-refractivity contribution is -0.152. The van der Waals surface area contributed by atoms with Crippen LogP contribution in [0.4, 0.5) is 0 Å². The first kappa shape index (κ1) is 16.5. The minimum atomic E-state index is -0.487. The number of benzene rings is 1. The molecular weight excluding hydrogens is 252 g/mol. The van der Waals surface area contributed by atoms with Crippen LogP contribution < -0.4 is 4.74 Å². The molecule has 0 aliphatic rings. The molecule has 1 rings (SSSR count). The largest absolute Gasteiger partial charge is 0.479 e. The molecular formula is C17H26O3. The molecule has 0 aliphatic carbocycles. The average Bonchev–Trinajstić information content (AvgIpc) is 2.48. The highest BCUT2D eigenvalue weighted by Crippen LogP contribution is 2.15. The van der Waals surface area contributed by atoms with E-state index in [9.17, 15) is 4.79 Å². The second-order valence-corrected chi connectivity index (χ2v) is 4.94. The Balaban J connectivity index is 2.47. The molecule has 1 aromatic carbocycles. The van der Waals surface area contributed by atoms with Crippen LogP contribution in [-0.4, -0.2) is 18.7 Å². The second-order valence-electron chi connectivity index (χ2n) is 4.94. The zero-order valence-corrected chi connectivity index (χ0v) is 12.6. The molecule has 20 heavy (non-hydrogen) atoms. The Morgan fingerprint density at radius 1 is 1.05 bits per heavy atom. The van der Waals surface area contributed by atoms with Crippen molar-refractivity contribution in [2.45, 2.75) is 58.5 Å². The summed E-state index contributed by atoms with van der Waals surface area (Å²) in [6, 6.07) is 9.46. The maximum absolute atomic E-state index is 12.1. The highest BCUT2D eigenvalue weighted by atomic mass is 16.6. The number of ether oxygens (including phenoxy) is 2. The minimum Gasteiger partial charge on any atom is -0.479 e. The summed E-state index contributed by atoms with van der Waals surface area (Å²) in [5, 5.41) is 0. The van der Waals surface area contributed by atoms with E-state index in [1.807, 2.05) is 30.3 Å². The number of esters is 1. The molecule has 0 aromatic heterocycles. The van der Waals surface area contributed by atoms with Gasteiger partial charge in [-0.15, -0.1) is 0 Å². The van der Waals surface area contributed by atoms with E-state index in [-0.39, 0.29) is 5.97 Å². The van der Waals surface area contributed by atoms with Gasteiger partial charge in [0.15, 0.2) is 6.10 Å². The molecule has 0 saturated heterocycles. The molecule has 3 heteroatoms. The lowest BCUT2D eigenvalue weighted by Gasteiger charge is -2.17. The predicted molar refractivity (Wildman–Crippen MR) is 80.9 cm³/mol. The molecule has 1 aromatic rings. The van der Waals surface area contributed by atoms with Crippen LogP contribution in [0.25, 0.3) is 0 Å². The smallest absolute Gasteiger partial charge is 0.347 e. The molecule has 112 valence electrons. The highest BCUT2D eigenvalue weighted by Gasteiger charge is 2.21. The van der Waals surface area contributed by atoms with Crippen LogP contribution in [0, 0.1) is 0 Å². The fourth-order valence-electron chi connectivity index (χ4n) is 1.90. The summed E-state index contributed by atoms with van der Waals surface area (Å²) in [6.07, 6.45) is 5.36. The number of rotatable bonds is 10. The topological polar surface area (TPSA) is 35.5 Å². The van der Waals surface area contributed by atoms with E-state index in [2.05, 4.69) is 13.8 Å². The SMILES string of the molecule is CCCCCOC(=O)C(CCCC)Oc1ccccc1. The fraction of sp³-hybridized carbons (Fsp3) is 0.588. The number of hydrogen-bond donors (Lipinski definition) is 0. The van der Waals surface area contributed by atoms with Gasteiger partial charge in [0, 0.05) is 0 Å². The van der Waals surface area contributed by atoms with Crippen molar-refractivity contribution in [1.29, 1.82) is 0 Å². The Bertz CT molecular complexity index is 362. The van der Waals surface area contributed by atoms with Gasteiger partial charge in [-0.3, -0.25) is 0 Å². The van der Waals surface area contributed by atoms with Gasteiger partial charge in [0.2, 0.25) is 0 Å². The molecule has 0 spiro atoms. The first-order valence-corrected chi connectivity index (χ1v) is 7.66. The van der Waals surface area contributed by atoms with E-state index in [1.54, 1.807) is 0 Å². The van der Waals surface area contributed by atoms with E-state index >= 15 is 0 Å². The maximum atomic E-state index is 12.1. The van der Waals surface area contributed by atoms with Gasteiger partial charge in [-0.25, -0.2) is 4.79 Å². The zero-order chi connectivity index (χ0) is 14.6. The standard InChI is InChI=1S/C17H26O3/c1-3-5-10-14-19-17(18)16(13-6-4-2)20-15-11-8-7-9-12-15/h7-9,11-12,16H,3-6,10,13-14H2,1-2H3. The third-order valence-electron chi connectivity index (χ3n) is 3.10. The van der Waals surface area contributed by atoms with Gasteiger partial charge in [-0.05, 0) is 31.4 Å². The summed E-state index contributed by atoms with van der Waals surface area (Å²) >= 11 is 0. The Morgan fingerprint density at radius 3 is 2.40 bits per heavy atom. The molecule has 1 unspecified atom stereocenters. The Morgan fingerprint density at radius 2 is 1.75 bits per heavy atom. The highest BCUT2D eigenvalue weighted by molar-refractivity contribution is 5.75. The number of para-hydroxylation sites is 1. The van der Waals surface area contributed by atoms with Gasteiger partial charge < -0.3 is 9.47 Å². The molecule has 0 fully saturated rings. The van der Waals surface area contributed by atoms with Crippen LogP contribution in [0.3, 0.4) is 0 Å². The average molecular weight is 278 g/mol. The summed E-state index contributed by atoms with van der Waals surface area (Å²) in [4.78, 5) is 12.1. The van der Waals surface area contributed by atoms with Crippen LogP contribution in [0.1, 0.15) is 52.4 Å². The molecule has 0 N–H and O–H groups in total. The first-order chi connectivity index (χ1) is 9.77. The second kappa shape index (κ2) is 10.3. The summed E-state index contributed by atoms with van der Waals surface area (Å²) < 4.78 is 11.1. The first-order valence-electron chi connectivity index (χ1n) is 7.66. The van der Waals surface area contributed by atoms with Crippen LogP contribution in [-0.2, 0) is 9.53 Å². The van der Waals surface area contributed by atoms with Crippen LogP contribution >= 0.6 is 0 Å². The molecule has 3 nitrogen and oxygen atoms in total. The lowest BCUT2D eigenvalue weighted by Crippen LogP contribution is -2.29. The van der Waals surface area contributed by atoms with Crippen molar-refractivity contribution in [2.24, 2.45) is 0 Å². The van der Waals surface area contributed by atoms with Crippen LogP contribution in [0.15, 0.2) is 30.3 Å². The zero-order valence-electron chi connectivity index (χ0n) is 12.6. The van der Waals surface area contributed by atoms with E-state index in [0.29, 0.717) is 13.0 Å². The van der Waals surface area contributed by atoms with E-state index in [4.69, 9.17) is 9.47 Å². The minimum absolute atomic E-state index is 0.238. The van der Waals surface area contributed by atoms with E-state index < -0.39 is 6.10 Å².